The summed E-state index contributed by atoms with van der Waals surface area (Å²) in [7, 11) is 0. The van der Waals surface area contributed by atoms with E-state index in [0.717, 1.165) is 6.07 Å². The van der Waals surface area contributed by atoms with Gasteiger partial charge in [-0.25, -0.2) is 4.79 Å². The fourth-order valence-electron chi connectivity index (χ4n) is 2.04. The van der Waals surface area contributed by atoms with Crippen molar-refractivity contribution in [3.63, 3.8) is 0 Å². The van der Waals surface area contributed by atoms with Gasteiger partial charge in [-0.1, -0.05) is 0 Å². The summed E-state index contributed by atoms with van der Waals surface area (Å²) < 4.78 is 10.3. The first kappa shape index (κ1) is 11.3. The molecule has 7 heteroatoms. The molecule has 19 heavy (non-hydrogen) atoms. The van der Waals surface area contributed by atoms with E-state index < -0.39 is 22.8 Å². The van der Waals surface area contributed by atoms with E-state index in [0.29, 0.717) is 5.76 Å². The van der Waals surface area contributed by atoms with E-state index in [9.17, 15) is 19.9 Å². The van der Waals surface area contributed by atoms with Gasteiger partial charge in [0.05, 0.1) is 5.39 Å². The van der Waals surface area contributed by atoms with Crippen molar-refractivity contribution >= 4 is 27.6 Å². The van der Waals surface area contributed by atoms with Gasteiger partial charge in [0.2, 0.25) is 0 Å². The van der Waals surface area contributed by atoms with Gasteiger partial charge in [-0.05, 0) is 12.1 Å². The monoisotopic (exact) mass is 261 g/mol. The van der Waals surface area contributed by atoms with E-state index in [1.807, 2.05) is 0 Å². The number of nitrogens with zero attached hydrogens (tertiary/aromatic N) is 1. The highest BCUT2D eigenvalue weighted by molar-refractivity contribution is 6.12. The maximum atomic E-state index is 11.8. The summed E-state index contributed by atoms with van der Waals surface area (Å²) in [6, 6.07) is 2.58. The van der Waals surface area contributed by atoms with Crippen LogP contribution in [-0.4, -0.2) is 10.2 Å². The quantitative estimate of drug-likeness (QED) is 0.514. The molecule has 0 aliphatic heterocycles. The molecule has 96 valence electrons. The lowest BCUT2D eigenvalue weighted by Gasteiger charge is -1.99. The van der Waals surface area contributed by atoms with Crippen LogP contribution in [0.15, 0.2) is 30.9 Å². The van der Waals surface area contributed by atoms with Crippen molar-refractivity contribution in [2.24, 2.45) is 5.18 Å². The molecule has 3 rings (SSSR count). The molecule has 2 N–H and O–H groups in total. The Bertz CT molecular complexity index is 889. The zero-order valence-electron chi connectivity index (χ0n) is 9.63. The van der Waals surface area contributed by atoms with Gasteiger partial charge < -0.3 is 19.0 Å². The number of phenols is 2. The second-order valence-corrected chi connectivity index (χ2v) is 4.04. The van der Waals surface area contributed by atoms with Gasteiger partial charge >= 0.3 is 5.63 Å². The Balaban J connectivity index is 2.68. The molecule has 2 aromatic heterocycles. The van der Waals surface area contributed by atoms with Crippen LogP contribution >= 0.6 is 0 Å². The molecule has 3 aromatic rings. The van der Waals surface area contributed by atoms with Gasteiger partial charge in [0.1, 0.15) is 22.3 Å². The van der Waals surface area contributed by atoms with E-state index in [4.69, 9.17) is 8.83 Å². The highest BCUT2D eigenvalue weighted by atomic mass is 16.4. The Kier molecular flexibility index (Phi) is 2.12. The summed E-state index contributed by atoms with van der Waals surface area (Å²) >= 11 is 0. The molecule has 0 aliphatic carbocycles. The maximum absolute atomic E-state index is 11.8. The van der Waals surface area contributed by atoms with Gasteiger partial charge in [0.25, 0.3) is 0 Å². The van der Waals surface area contributed by atoms with Crippen LogP contribution in [0.1, 0.15) is 5.76 Å². The number of hydrogen-bond acceptors (Lipinski definition) is 7. The Morgan fingerprint density at radius 3 is 2.47 bits per heavy atom. The third-order valence-corrected chi connectivity index (χ3v) is 2.82. The minimum atomic E-state index is -0.705. The number of rotatable bonds is 1. The Morgan fingerprint density at radius 1 is 1.11 bits per heavy atom. The molecular weight excluding hydrogens is 254 g/mol. The Hall–Kier alpha value is -2.83. The molecule has 2 heterocycles. The molecule has 0 aliphatic rings. The molecule has 0 saturated carbocycles. The fraction of sp³-hybridized carbons (Fsp3) is 0.0833. The third kappa shape index (κ3) is 1.41. The number of phenolic OH excluding ortho intramolecular Hbond substituents is 2. The molecule has 0 unspecified atom stereocenters. The normalized spacial score (nSPS) is 11.2. The number of aryl methyl sites for hydroxylation is 1. The lowest BCUT2D eigenvalue weighted by atomic mass is 10.1. The van der Waals surface area contributed by atoms with E-state index in [2.05, 4.69) is 5.18 Å². The molecule has 1 aromatic carbocycles. The summed E-state index contributed by atoms with van der Waals surface area (Å²) in [6.07, 6.45) is 0. The summed E-state index contributed by atoms with van der Waals surface area (Å²) in [5, 5.41) is 21.7. The average Bonchev–Trinajstić information content (AvgIpc) is 2.68. The lowest BCUT2D eigenvalue weighted by molar-refractivity contribution is 0.405. The van der Waals surface area contributed by atoms with E-state index in [1.165, 1.54) is 6.07 Å². The van der Waals surface area contributed by atoms with Crippen molar-refractivity contribution in [3.05, 3.63) is 33.2 Å². The van der Waals surface area contributed by atoms with Crippen molar-refractivity contribution in [3.8, 4) is 11.5 Å². The summed E-state index contributed by atoms with van der Waals surface area (Å²) in [5.41, 5.74) is -0.898. The van der Waals surface area contributed by atoms with Crippen LogP contribution in [0.3, 0.4) is 0 Å². The second-order valence-electron chi connectivity index (χ2n) is 4.04. The summed E-state index contributed by atoms with van der Waals surface area (Å²) in [4.78, 5) is 22.6. The molecule has 0 bridgehead atoms. The number of furan rings is 1. The van der Waals surface area contributed by atoms with Crippen LogP contribution in [0, 0.1) is 11.8 Å². The molecule has 7 nitrogen and oxygen atoms in total. The van der Waals surface area contributed by atoms with Crippen molar-refractivity contribution in [2.45, 2.75) is 6.92 Å². The minimum Gasteiger partial charge on any atom is -0.504 e. The highest BCUT2D eigenvalue weighted by Gasteiger charge is 2.22. The van der Waals surface area contributed by atoms with E-state index >= 15 is 0 Å². The highest BCUT2D eigenvalue weighted by Crippen LogP contribution is 2.45. The van der Waals surface area contributed by atoms with E-state index in [1.54, 1.807) is 6.92 Å². The van der Waals surface area contributed by atoms with Gasteiger partial charge in [-0.15, -0.1) is 4.91 Å². The van der Waals surface area contributed by atoms with Gasteiger partial charge in [-0.2, -0.15) is 0 Å². The molecule has 0 amide bonds. The molecular formula is C12H7NO6. The van der Waals surface area contributed by atoms with Crippen molar-refractivity contribution in [2.75, 3.05) is 0 Å². The molecule has 0 fully saturated rings. The SMILES string of the molecule is Cc1cc2oc3cc(O)c(O)c(N=O)c3c2c(=O)o1. The molecule has 0 radical (unpaired) electrons. The summed E-state index contributed by atoms with van der Waals surface area (Å²) in [5.74, 6) is -0.918. The van der Waals surface area contributed by atoms with Crippen LogP contribution in [0.5, 0.6) is 11.5 Å². The topological polar surface area (TPSA) is 113 Å². The smallest absolute Gasteiger partial charge is 0.347 e. The zero-order chi connectivity index (χ0) is 13.7. The number of nitroso groups, excluding NO2 is 1. The average molecular weight is 261 g/mol. The van der Waals surface area contributed by atoms with Crippen molar-refractivity contribution in [1.82, 2.24) is 0 Å². The zero-order valence-corrected chi connectivity index (χ0v) is 9.63. The van der Waals surface area contributed by atoms with Gasteiger partial charge in [0, 0.05) is 12.1 Å². The standard InChI is InChI=1S/C12H7NO6/c1-4-2-6-9(12(16)18-4)8-7(19-6)3-5(14)11(15)10(8)13-17/h2-3,14-15H,1H3. The van der Waals surface area contributed by atoms with E-state index in [-0.39, 0.29) is 21.9 Å². The second kappa shape index (κ2) is 3.58. The number of benzene rings is 1. The third-order valence-electron chi connectivity index (χ3n) is 2.82. The first-order valence-corrected chi connectivity index (χ1v) is 5.28. The van der Waals surface area contributed by atoms with Gasteiger partial charge in [0.15, 0.2) is 17.2 Å². The molecule has 0 atom stereocenters. The fourth-order valence-corrected chi connectivity index (χ4v) is 2.04. The first-order valence-electron chi connectivity index (χ1n) is 5.28. The van der Waals surface area contributed by atoms with Gasteiger partial charge in [-0.3, -0.25) is 0 Å². The van der Waals surface area contributed by atoms with Crippen LogP contribution in [0.4, 0.5) is 5.69 Å². The van der Waals surface area contributed by atoms with Crippen molar-refractivity contribution in [1.29, 1.82) is 0 Å². The predicted octanol–water partition coefficient (Wildman–Crippen LogP) is 2.66. The van der Waals surface area contributed by atoms with Crippen LogP contribution in [0.25, 0.3) is 21.9 Å². The van der Waals surface area contributed by atoms with Crippen LogP contribution in [-0.2, 0) is 0 Å². The Labute approximate surface area is 104 Å². The Morgan fingerprint density at radius 2 is 1.79 bits per heavy atom. The number of aromatic hydroxyl groups is 2. The first-order chi connectivity index (χ1) is 9.02. The summed E-state index contributed by atoms with van der Waals surface area (Å²) in [6.45, 7) is 1.57. The molecule has 0 saturated heterocycles. The molecule has 0 spiro atoms. The van der Waals surface area contributed by atoms with Crippen LogP contribution < -0.4 is 5.63 Å². The lowest BCUT2D eigenvalue weighted by Crippen LogP contribution is -1.98. The maximum Gasteiger partial charge on any atom is 0.347 e. The predicted molar refractivity (Wildman–Crippen MR) is 65.8 cm³/mol. The number of hydrogen-bond donors (Lipinski definition) is 2. The van der Waals surface area contributed by atoms with Crippen molar-refractivity contribution < 1.29 is 19.0 Å². The number of fused-ring (bicyclic) bond motifs is 3. The van der Waals surface area contributed by atoms with Crippen LogP contribution in [0.2, 0.25) is 0 Å². The minimum absolute atomic E-state index is 0.00509. The largest absolute Gasteiger partial charge is 0.504 e.